The van der Waals surface area contributed by atoms with Gasteiger partial charge in [-0.15, -0.1) is 11.8 Å². The summed E-state index contributed by atoms with van der Waals surface area (Å²) in [6.07, 6.45) is 4.21. The van der Waals surface area contributed by atoms with E-state index in [4.69, 9.17) is 10.3 Å². The minimum absolute atomic E-state index is 0.370. The third-order valence-electron chi connectivity index (χ3n) is 4.32. The van der Waals surface area contributed by atoms with Gasteiger partial charge in [0.15, 0.2) is 5.82 Å². The first-order valence-electron chi connectivity index (χ1n) is 7.91. The Bertz CT molecular complexity index is 615. The summed E-state index contributed by atoms with van der Waals surface area (Å²) in [5.41, 5.74) is 7.34. The predicted molar refractivity (Wildman–Crippen MR) is 88.7 cm³/mol. The average molecular weight is 317 g/mol. The molecular weight excluding hydrogens is 294 g/mol. The van der Waals surface area contributed by atoms with Crippen molar-refractivity contribution in [1.29, 1.82) is 0 Å². The summed E-state index contributed by atoms with van der Waals surface area (Å²) < 4.78 is 5.36. The average Bonchev–Trinajstić information content (AvgIpc) is 3.15. The van der Waals surface area contributed by atoms with Crippen molar-refractivity contribution in [1.82, 2.24) is 10.1 Å². The maximum Gasteiger partial charge on any atom is 0.237 e. The molecule has 2 aromatic rings. The largest absolute Gasteiger partial charge is 0.338 e. The lowest BCUT2D eigenvalue weighted by atomic mass is 9.99. The highest BCUT2D eigenvalue weighted by Crippen LogP contribution is 2.35. The molecule has 1 saturated carbocycles. The van der Waals surface area contributed by atoms with E-state index in [1.165, 1.54) is 10.5 Å². The maximum atomic E-state index is 6.35. The van der Waals surface area contributed by atoms with E-state index in [2.05, 4.69) is 48.3 Å². The standard InChI is InChI=1S/C17H23N3OS/c1-12(2)13-5-7-14(8-6-13)22-11-15-19-16(20-21-15)17(18)9-3-4-10-17/h5-8,12H,3-4,9-11,18H2,1-2H3. The van der Waals surface area contributed by atoms with Gasteiger partial charge in [-0.05, 0) is 36.5 Å². The number of hydrogen-bond donors (Lipinski definition) is 1. The van der Waals surface area contributed by atoms with Gasteiger partial charge in [0.25, 0.3) is 0 Å². The number of aromatic nitrogens is 2. The summed E-state index contributed by atoms with van der Waals surface area (Å²) in [5.74, 6) is 2.58. The van der Waals surface area contributed by atoms with Gasteiger partial charge >= 0.3 is 0 Å². The van der Waals surface area contributed by atoms with Crippen LogP contribution in [0.5, 0.6) is 0 Å². The van der Waals surface area contributed by atoms with Crippen LogP contribution >= 0.6 is 11.8 Å². The van der Waals surface area contributed by atoms with E-state index >= 15 is 0 Å². The molecule has 5 heteroatoms. The lowest BCUT2D eigenvalue weighted by molar-refractivity contribution is 0.355. The molecule has 0 aliphatic heterocycles. The molecule has 1 fully saturated rings. The molecule has 118 valence electrons. The minimum atomic E-state index is -0.370. The van der Waals surface area contributed by atoms with Crippen molar-refractivity contribution >= 4 is 11.8 Å². The Morgan fingerprint density at radius 1 is 1.23 bits per heavy atom. The summed E-state index contributed by atoms with van der Waals surface area (Å²) >= 11 is 1.71. The molecule has 0 saturated heterocycles. The summed E-state index contributed by atoms with van der Waals surface area (Å²) in [4.78, 5) is 5.72. The van der Waals surface area contributed by atoms with Gasteiger partial charge in [-0.2, -0.15) is 4.98 Å². The monoisotopic (exact) mass is 317 g/mol. The van der Waals surface area contributed by atoms with Gasteiger partial charge in [-0.1, -0.05) is 44.0 Å². The number of benzene rings is 1. The van der Waals surface area contributed by atoms with E-state index in [1.807, 2.05) is 0 Å². The number of nitrogens with two attached hydrogens (primary N) is 1. The summed E-state index contributed by atoms with van der Waals surface area (Å²) in [5, 5.41) is 4.10. The van der Waals surface area contributed by atoms with Gasteiger partial charge in [-0.3, -0.25) is 0 Å². The summed E-state index contributed by atoms with van der Waals surface area (Å²) in [7, 11) is 0. The highest BCUT2D eigenvalue weighted by Gasteiger charge is 2.35. The molecule has 1 aromatic heterocycles. The van der Waals surface area contributed by atoms with Crippen LogP contribution in [-0.2, 0) is 11.3 Å². The van der Waals surface area contributed by atoms with Crippen molar-refractivity contribution in [2.75, 3.05) is 0 Å². The van der Waals surface area contributed by atoms with E-state index in [0.717, 1.165) is 25.7 Å². The van der Waals surface area contributed by atoms with Crippen LogP contribution in [0, 0.1) is 0 Å². The molecule has 1 aliphatic carbocycles. The second kappa shape index (κ2) is 6.42. The smallest absolute Gasteiger partial charge is 0.237 e. The zero-order chi connectivity index (χ0) is 15.6. The van der Waals surface area contributed by atoms with E-state index in [9.17, 15) is 0 Å². The Kier molecular flexibility index (Phi) is 4.54. The number of nitrogens with zero attached hydrogens (tertiary/aromatic N) is 2. The molecule has 3 rings (SSSR count). The van der Waals surface area contributed by atoms with Crippen LogP contribution in [-0.4, -0.2) is 10.1 Å². The highest BCUT2D eigenvalue weighted by atomic mass is 32.2. The lowest BCUT2D eigenvalue weighted by Gasteiger charge is -2.17. The van der Waals surface area contributed by atoms with Crippen LogP contribution in [0.15, 0.2) is 33.7 Å². The van der Waals surface area contributed by atoms with E-state index in [-0.39, 0.29) is 5.54 Å². The molecule has 2 N–H and O–H groups in total. The fourth-order valence-electron chi connectivity index (χ4n) is 2.84. The highest BCUT2D eigenvalue weighted by molar-refractivity contribution is 7.98. The van der Waals surface area contributed by atoms with Crippen LogP contribution < -0.4 is 5.73 Å². The van der Waals surface area contributed by atoms with Crippen LogP contribution in [0.4, 0.5) is 0 Å². The van der Waals surface area contributed by atoms with Gasteiger partial charge < -0.3 is 10.3 Å². The zero-order valence-corrected chi connectivity index (χ0v) is 14.0. The number of thioether (sulfide) groups is 1. The fourth-order valence-corrected chi connectivity index (χ4v) is 3.58. The molecule has 0 amide bonds. The summed E-state index contributed by atoms with van der Waals surface area (Å²) in [6, 6.07) is 8.66. The van der Waals surface area contributed by atoms with E-state index in [0.29, 0.717) is 23.4 Å². The van der Waals surface area contributed by atoms with Gasteiger partial charge in [-0.25, -0.2) is 0 Å². The summed E-state index contributed by atoms with van der Waals surface area (Å²) in [6.45, 7) is 4.40. The quantitative estimate of drug-likeness (QED) is 0.837. The van der Waals surface area contributed by atoms with Crippen LogP contribution in [0.2, 0.25) is 0 Å². The first kappa shape index (κ1) is 15.6. The SMILES string of the molecule is CC(C)c1ccc(SCc2nc(C3(N)CCCC3)no2)cc1. The molecule has 0 radical (unpaired) electrons. The van der Waals surface area contributed by atoms with Gasteiger partial charge in [0.1, 0.15) is 0 Å². The molecule has 0 bridgehead atoms. The first-order valence-corrected chi connectivity index (χ1v) is 8.90. The normalized spacial score (nSPS) is 17.3. The third kappa shape index (κ3) is 3.36. The number of hydrogen-bond acceptors (Lipinski definition) is 5. The van der Waals surface area contributed by atoms with E-state index in [1.54, 1.807) is 11.8 Å². The van der Waals surface area contributed by atoms with Crippen molar-refractivity contribution in [3.8, 4) is 0 Å². The molecule has 4 nitrogen and oxygen atoms in total. The Labute approximate surface area is 135 Å². The van der Waals surface area contributed by atoms with Crippen molar-refractivity contribution in [3.05, 3.63) is 41.5 Å². The van der Waals surface area contributed by atoms with Crippen molar-refractivity contribution in [2.45, 2.75) is 61.6 Å². The van der Waals surface area contributed by atoms with Gasteiger partial charge in [0, 0.05) is 4.90 Å². The molecule has 1 aliphatic rings. The molecule has 0 atom stereocenters. The zero-order valence-electron chi connectivity index (χ0n) is 13.2. The Hall–Kier alpha value is -1.33. The Balaban J connectivity index is 1.61. The van der Waals surface area contributed by atoms with Crippen LogP contribution in [0.1, 0.15) is 62.7 Å². The lowest BCUT2D eigenvalue weighted by Crippen LogP contribution is -2.34. The minimum Gasteiger partial charge on any atom is -0.338 e. The Morgan fingerprint density at radius 2 is 1.91 bits per heavy atom. The molecule has 22 heavy (non-hydrogen) atoms. The topological polar surface area (TPSA) is 64.9 Å². The molecule has 0 spiro atoms. The van der Waals surface area contributed by atoms with Crippen molar-refractivity contribution in [3.63, 3.8) is 0 Å². The molecule has 1 heterocycles. The van der Waals surface area contributed by atoms with Crippen LogP contribution in [0.3, 0.4) is 0 Å². The fraction of sp³-hybridized carbons (Fsp3) is 0.529. The van der Waals surface area contributed by atoms with Gasteiger partial charge in [0.05, 0.1) is 11.3 Å². The molecular formula is C17H23N3OS. The predicted octanol–water partition coefficient (Wildman–Crippen LogP) is 4.21. The van der Waals surface area contributed by atoms with Crippen LogP contribution in [0.25, 0.3) is 0 Å². The third-order valence-corrected chi connectivity index (χ3v) is 5.32. The second-order valence-corrected chi connectivity index (χ2v) is 7.44. The number of rotatable bonds is 5. The molecule has 1 aromatic carbocycles. The first-order chi connectivity index (χ1) is 10.6. The second-order valence-electron chi connectivity index (χ2n) is 6.39. The molecule has 0 unspecified atom stereocenters. The maximum absolute atomic E-state index is 6.35. The van der Waals surface area contributed by atoms with Crippen molar-refractivity contribution in [2.24, 2.45) is 5.73 Å². The Morgan fingerprint density at radius 3 is 2.55 bits per heavy atom. The van der Waals surface area contributed by atoms with E-state index < -0.39 is 0 Å². The van der Waals surface area contributed by atoms with Gasteiger partial charge in [0.2, 0.25) is 5.89 Å². The van der Waals surface area contributed by atoms with Crippen molar-refractivity contribution < 1.29 is 4.52 Å².